The van der Waals surface area contributed by atoms with Crippen molar-refractivity contribution in [3.63, 3.8) is 0 Å². The van der Waals surface area contributed by atoms with Gasteiger partial charge in [-0.3, -0.25) is 4.99 Å². The van der Waals surface area contributed by atoms with Gasteiger partial charge in [-0.05, 0) is 39.5 Å². The van der Waals surface area contributed by atoms with Crippen molar-refractivity contribution in [1.82, 2.24) is 0 Å². The molecule has 0 aromatic carbocycles. The van der Waals surface area contributed by atoms with Gasteiger partial charge >= 0.3 is 0 Å². The van der Waals surface area contributed by atoms with Crippen molar-refractivity contribution in [3.8, 4) is 0 Å². The molecular formula is C17H28N2O. The normalized spacial score (nSPS) is 32.1. The molecule has 1 aliphatic heterocycles. The minimum atomic E-state index is -0.217. The van der Waals surface area contributed by atoms with Crippen LogP contribution in [-0.2, 0) is 4.74 Å². The Kier molecular flexibility index (Phi) is 4.13. The second-order valence-corrected chi connectivity index (χ2v) is 7.11. The van der Waals surface area contributed by atoms with Crippen molar-refractivity contribution in [2.75, 3.05) is 0 Å². The Bertz CT molecular complexity index is 399. The summed E-state index contributed by atoms with van der Waals surface area (Å²) in [6.07, 6.45) is 13.0. The van der Waals surface area contributed by atoms with E-state index in [4.69, 9.17) is 14.7 Å². The van der Waals surface area contributed by atoms with Crippen molar-refractivity contribution in [3.05, 3.63) is 0 Å². The van der Waals surface area contributed by atoms with Crippen LogP contribution in [0.15, 0.2) is 9.98 Å². The molecule has 0 bridgehead atoms. The summed E-state index contributed by atoms with van der Waals surface area (Å²) in [4.78, 5) is 9.85. The first-order valence-corrected chi connectivity index (χ1v) is 8.50. The highest BCUT2D eigenvalue weighted by atomic mass is 16.5. The van der Waals surface area contributed by atoms with Gasteiger partial charge in [0.1, 0.15) is 5.71 Å². The molecule has 1 saturated heterocycles. The SMILES string of the molecule is CC1(C)OC(=NC2CCCCC2)C1=NC1CCCCC1. The van der Waals surface area contributed by atoms with E-state index in [1.165, 1.54) is 64.2 Å². The van der Waals surface area contributed by atoms with Crippen LogP contribution in [0.4, 0.5) is 0 Å². The van der Waals surface area contributed by atoms with Gasteiger partial charge in [-0.25, -0.2) is 4.99 Å². The Balaban J connectivity index is 1.71. The highest BCUT2D eigenvalue weighted by Gasteiger charge is 2.44. The number of hydrogen-bond donors (Lipinski definition) is 0. The van der Waals surface area contributed by atoms with E-state index >= 15 is 0 Å². The molecule has 3 fully saturated rings. The van der Waals surface area contributed by atoms with Gasteiger partial charge < -0.3 is 4.74 Å². The average Bonchev–Trinajstić information content (AvgIpc) is 2.46. The third kappa shape index (κ3) is 3.07. The van der Waals surface area contributed by atoms with E-state index in [2.05, 4.69) is 13.8 Å². The topological polar surface area (TPSA) is 34.0 Å². The molecule has 3 rings (SSSR count). The lowest BCUT2D eigenvalue weighted by Crippen LogP contribution is -2.55. The average molecular weight is 276 g/mol. The van der Waals surface area contributed by atoms with E-state index in [1.54, 1.807) is 0 Å². The van der Waals surface area contributed by atoms with E-state index in [0.717, 1.165) is 11.6 Å². The number of hydrogen-bond acceptors (Lipinski definition) is 3. The Hall–Kier alpha value is -0.860. The highest BCUT2D eigenvalue weighted by Crippen LogP contribution is 2.30. The molecule has 0 N–H and O–H groups in total. The molecule has 3 heteroatoms. The van der Waals surface area contributed by atoms with Crippen LogP contribution in [0.5, 0.6) is 0 Å². The van der Waals surface area contributed by atoms with Crippen LogP contribution < -0.4 is 0 Å². The Morgan fingerprint density at radius 3 is 1.80 bits per heavy atom. The van der Waals surface area contributed by atoms with Gasteiger partial charge in [-0.1, -0.05) is 38.5 Å². The lowest BCUT2D eigenvalue weighted by Gasteiger charge is -2.40. The summed E-state index contributed by atoms with van der Waals surface area (Å²) < 4.78 is 5.90. The predicted molar refractivity (Wildman–Crippen MR) is 83.8 cm³/mol. The highest BCUT2D eigenvalue weighted by molar-refractivity contribution is 6.47. The molecule has 3 aliphatic rings. The standard InChI is InChI=1S/C17H28N2O/c1-17(2)15(18-13-9-5-3-6-10-13)16(20-17)19-14-11-7-4-8-12-14/h13-14H,3-12H2,1-2H3. The van der Waals surface area contributed by atoms with Crippen molar-refractivity contribution >= 4 is 11.6 Å². The van der Waals surface area contributed by atoms with Crippen molar-refractivity contribution in [2.45, 2.75) is 95.7 Å². The first kappa shape index (κ1) is 14.1. The second-order valence-electron chi connectivity index (χ2n) is 7.11. The molecule has 0 aromatic rings. The third-order valence-corrected chi connectivity index (χ3v) is 4.89. The van der Waals surface area contributed by atoms with Gasteiger partial charge in [0.05, 0.1) is 12.1 Å². The fourth-order valence-corrected chi connectivity index (χ4v) is 3.62. The molecule has 112 valence electrons. The maximum absolute atomic E-state index is 5.90. The van der Waals surface area contributed by atoms with E-state index in [0.29, 0.717) is 12.1 Å². The maximum atomic E-state index is 5.90. The summed E-state index contributed by atoms with van der Waals surface area (Å²) in [5.41, 5.74) is 0.917. The summed E-state index contributed by atoms with van der Waals surface area (Å²) in [6.45, 7) is 4.24. The van der Waals surface area contributed by atoms with E-state index in [1.807, 2.05) is 0 Å². The fraction of sp³-hybridized carbons (Fsp3) is 0.882. The van der Waals surface area contributed by atoms with E-state index in [-0.39, 0.29) is 5.60 Å². The molecule has 0 atom stereocenters. The summed E-state index contributed by atoms with van der Waals surface area (Å²) in [5, 5.41) is 0. The Morgan fingerprint density at radius 2 is 1.30 bits per heavy atom. The molecule has 1 heterocycles. The van der Waals surface area contributed by atoms with Gasteiger partial charge in [-0.15, -0.1) is 0 Å². The van der Waals surface area contributed by atoms with Gasteiger partial charge in [0.15, 0.2) is 5.60 Å². The second kappa shape index (κ2) is 5.87. The largest absolute Gasteiger partial charge is 0.464 e. The smallest absolute Gasteiger partial charge is 0.235 e. The minimum absolute atomic E-state index is 0.217. The lowest BCUT2D eigenvalue weighted by atomic mass is 9.91. The predicted octanol–water partition coefficient (Wildman–Crippen LogP) is 4.30. The molecule has 2 aliphatic carbocycles. The molecule has 0 amide bonds. The van der Waals surface area contributed by atoms with Gasteiger partial charge in [-0.2, -0.15) is 0 Å². The van der Waals surface area contributed by atoms with Gasteiger partial charge in [0, 0.05) is 0 Å². The molecule has 2 saturated carbocycles. The molecule has 0 unspecified atom stereocenters. The van der Waals surface area contributed by atoms with Crippen molar-refractivity contribution in [2.24, 2.45) is 9.98 Å². The number of rotatable bonds is 2. The fourth-order valence-electron chi connectivity index (χ4n) is 3.62. The minimum Gasteiger partial charge on any atom is -0.464 e. The van der Waals surface area contributed by atoms with Crippen LogP contribution in [0, 0.1) is 0 Å². The van der Waals surface area contributed by atoms with Gasteiger partial charge in [0.25, 0.3) is 0 Å². The van der Waals surface area contributed by atoms with Crippen LogP contribution in [0.25, 0.3) is 0 Å². The molecule has 0 aromatic heterocycles. The number of aliphatic imine (C=N–C) groups is 2. The molecular weight excluding hydrogens is 248 g/mol. The molecule has 3 nitrogen and oxygen atoms in total. The van der Waals surface area contributed by atoms with E-state index < -0.39 is 0 Å². The summed E-state index contributed by atoms with van der Waals surface area (Å²) >= 11 is 0. The number of ether oxygens (including phenoxy) is 1. The zero-order valence-corrected chi connectivity index (χ0v) is 13.0. The Morgan fingerprint density at radius 1 is 0.800 bits per heavy atom. The first-order chi connectivity index (χ1) is 9.65. The lowest BCUT2D eigenvalue weighted by molar-refractivity contribution is 0.133. The zero-order chi connectivity index (χ0) is 14.0. The molecule has 0 radical (unpaired) electrons. The van der Waals surface area contributed by atoms with Crippen LogP contribution in [-0.4, -0.2) is 29.3 Å². The van der Waals surface area contributed by atoms with Crippen LogP contribution >= 0.6 is 0 Å². The Labute approximate surface area is 122 Å². The molecule has 20 heavy (non-hydrogen) atoms. The summed E-state index contributed by atoms with van der Waals surface area (Å²) in [5.74, 6) is 0.854. The summed E-state index contributed by atoms with van der Waals surface area (Å²) in [7, 11) is 0. The van der Waals surface area contributed by atoms with Crippen LogP contribution in [0.3, 0.4) is 0 Å². The third-order valence-electron chi connectivity index (χ3n) is 4.89. The van der Waals surface area contributed by atoms with Crippen LogP contribution in [0.2, 0.25) is 0 Å². The van der Waals surface area contributed by atoms with E-state index in [9.17, 15) is 0 Å². The maximum Gasteiger partial charge on any atom is 0.235 e. The quantitative estimate of drug-likeness (QED) is 0.740. The zero-order valence-electron chi connectivity index (χ0n) is 13.0. The van der Waals surface area contributed by atoms with Crippen LogP contribution in [0.1, 0.15) is 78.1 Å². The molecule has 0 spiro atoms. The number of nitrogens with zero attached hydrogens (tertiary/aromatic N) is 2. The van der Waals surface area contributed by atoms with Crippen molar-refractivity contribution < 1.29 is 4.74 Å². The van der Waals surface area contributed by atoms with Crippen molar-refractivity contribution in [1.29, 1.82) is 0 Å². The first-order valence-electron chi connectivity index (χ1n) is 8.50. The summed E-state index contributed by atoms with van der Waals surface area (Å²) in [6, 6.07) is 0.991. The van der Waals surface area contributed by atoms with Gasteiger partial charge in [0.2, 0.25) is 5.90 Å². The monoisotopic (exact) mass is 276 g/mol.